The second kappa shape index (κ2) is 6.50. The number of nitrogens with two attached hydrogens (primary N) is 1. The molecule has 0 aliphatic carbocycles. The third-order valence-electron chi connectivity index (χ3n) is 3.45. The first-order valence-corrected chi connectivity index (χ1v) is 6.66. The molecule has 1 heterocycles. The van der Waals surface area contributed by atoms with Crippen LogP contribution in [0.1, 0.15) is 28.3 Å². The van der Waals surface area contributed by atoms with Crippen molar-refractivity contribution in [2.24, 2.45) is 5.84 Å². The summed E-state index contributed by atoms with van der Waals surface area (Å²) < 4.78 is 5.07. The Morgan fingerprint density at radius 1 is 1.25 bits per heavy atom. The molecule has 1 aromatic heterocycles. The summed E-state index contributed by atoms with van der Waals surface area (Å²) in [5, 5.41) is 0. The van der Waals surface area contributed by atoms with Gasteiger partial charge in [-0.3, -0.25) is 11.3 Å². The SMILES string of the molecule is COc1ccc(CC(NN)c2ccc(C)cc2C)cn1. The fourth-order valence-corrected chi connectivity index (χ4v) is 2.36. The number of benzene rings is 1. The fourth-order valence-electron chi connectivity index (χ4n) is 2.36. The van der Waals surface area contributed by atoms with E-state index < -0.39 is 0 Å². The number of rotatable bonds is 5. The molecule has 0 amide bonds. The molecule has 2 aromatic rings. The standard InChI is InChI=1S/C16H21N3O/c1-11-4-6-14(12(2)8-11)15(19-17)9-13-5-7-16(20-3)18-10-13/h4-8,10,15,19H,9,17H2,1-3H3. The summed E-state index contributed by atoms with van der Waals surface area (Å²) >= 11 is 0. The van der Waals surface area contributed by atoms with Crippen LogP contribution >= 0.6 is 0 Å². The smallest absolute Gasteiger partial charge is 0.212 e. The Kier molecular flexibility index (Phi) is 4.71. The highest BCUT2D eigenvalue weighted by Gasteiger charge is 2.13. The molecular formula is C16H21N3O. The van der Waals surface area contributed by atoms with E-state index in [2.05, 4.69) is 42.5 Å². The third kappa shape index (κ3) is 3.35. The first-order valence-electron chi connectivity index (χ1n) is 6.66. The number of hydrazine groups is 1. The maximum atomic E-state index is 5.72. The zero-order valence-electron chi connectivity index (χ0n) is 12.2. The lowest BCUT2D eigenvalue weighted by molar-refractivity contribution is 0.397. The summed E-state index contributed by atoms with van der Waals surface area (Å²) in [6.07, 6.45) is 2.62. The van der Waals surface area contributed by atoms with E-state index in [1.165, 1.54) is 16.7 Å². The topological polar surface area (TPSA) is 60.2 Å². The van der Waals surface area contributed by atoms with Gasteiger partial charge < -0.3 is 4.74 Å². The third-order valence-corrected chi connectivity index (χ3v) is 3.45. The number of nitrogens with one attached hydrogen (secondary N) is 1. The van der Waals surface area contributed by atoms with Gasteiger partial charge in [-0.05, 0) is 37.0 Å². The van der Waals surface area contributed by atoms with E-state index in [4.69, 9.17) is 10.6 Å². The number of methoxy groups -OCH3 is 1. The Morgan fingerprint density at radius 3 is 2.60 bits per heavy atom. The highest BCUT2D eigenvalue weighted by molar-refractivity contribution is 5.34. The Labute approximate surface area is 120 Å². The van der Waals surface area contributed by atoms with Crippen molar-refractivity contribution in [1.29, 1.82) is 0 Å². The van der Waals surface area contributed by atoms with Crippen molar-refractivity contribution in [1.82, 2.24) is 10.4 Å². The van der Waals surface area contributed by atoms with Crippen LogP contribution in [0.5, 0.6) is 5.88 Å². The van der Waals surface area contributed by atoms with Gasteiger partial charge in [0.1, 0.15) is 0 Å². The van der Waals surface area contributed by atoms with Crippen LogP contribution in [-0.2, 0) is 6.42 Å². The number of ether oxygens (including phenoxy) is 1. The number of aromatic nitrogens is 1. The van der Waals surface area contributed by atoms with Crippen molar-refractivity contribution < 1.29 is 4.74 Å². The van der Waals surface area contributed by atoms with Gasteiger partial charge >= 0.3 is 0 Å². The van der Waals surface area contributed by atoms with E-state index in [0.717, 1.165) is 12.0 Å². The van der Waals surface area contributed by atoms with E-state index >= 15 is 0 Å². The van der Waals surface area contributed by atoms with Crippen LogP contribution in [0.25, 0.3) is 0 Å². The molecule has 20 heavy (non-hydrogen) atoms. The molecule has 1 unspecified atom stereocenters. The van der Waals surface area contributed by atoms with Crippen molar-refractivity contribution >= 4 is 0 Å². The van der Waals surface area contributed by atoms with Gasteiger partial charge in [-0.25, -0.2) is 4.98 Å². The molecule has 3 N–H and O–H groups in total. The van der Waals surface area contributed by atoms with E-state index in [-0.39, 0.29) is 6.04 Å². The average Bonchev–Trinajstić information content (AvgIpc) is 2.46. The van der Waals surface area contributed by atoms with Gasteiger partial charge in [-0.2, -0.15) is 0 Å². The van der Waals surface area contributed by atoms with Crippen molar-refractivity contribution in [2.75, 3.05) is 7.11 Å². The molecule has 0 bridgehead atoms. The largest absolute Gasteiger partial charge is 0.481 e. The minimum absolute atomic E-state index is 0.0748. The van der Waals surface area contributed by atoms with Crippen LogP contribution in [-0.4, -0.2) is 12.1 Å². The molecular weight excluding hydrogens is 250 g/mol. The lowest BCUT2D eigenvalue weighted by Crippen LogP contribution is -2.30. The van der Waals surface area contributed by atoms with Crippen molar-refractivity contribution in [3.63, 3.8) is 0 Å². The first-order chi connectivity index (χ1) is 9.63. The van der Waals surface area contributed by atoms with Crippen LogP contribution in [0.2, 0.25) is 0 Å². The Bertz CT molecular complexity index is 566. The van der Waals surface area contributed by atoms with Gasteiger partial charge in [0.05, 0.1) is 13.2 Å². The molecule has 0 fully saturated rings. The van der Waals surface area contributed by atoms with Crippen LogP contribution in [0.15, 0.2) is 36.5 Å². The number of nitrogens with zero attached hydrogens (tertiary/aromatic N) is 1. The molecule has 0 aliphatic rings. The predicted octanol–water partition coefficient (Wildman–Crippen LogP) is 2.45. The molecule has 0 saturated heterocycles. The molecule has 0 aliphatic heterocycles. The molecule has 106 valence electrons. The van der Waals surface area contributed by atoms with Crippen molar-refractivity contribution in [2.45, 2.75) is 26.3 Å². The highest BCUT2D eigenvalue weighted by Crippen LogP contribution is 2.22. The minimum Gasteiger partial charge on any atom is -0.481 e. The van der Waals surface area contributed by atoms with Crippen LogP contribution in [0.4, 0.5) is 0 Å². The summed E-state index contributed by atoms with van der Waals surface area (Å²) in [7, 11) is 1.61. The fraction of sp³-hybridized carbons (Fsp3) is 0.312. The van der Waals surface area contributed by atoms with E-state index in [1.807, 2.05) is 18.3 Å². The van der Waals surface area contributed by atoms with Gasteiger partial charge in [-0.1, -0.05) is 29.8 Å². The highest BCUT2D eigenvalue weighted by atomic mass is 16.5. The van der Waals surface area contributed by atoms with Crippen molar-refractivity contribution in [3.05, 3.63) is 58.8 Å². The van der Waals surface area contributed by atoms with Crippen molar-refractivity contribution in [3.8, 4) is 5.88 Å². The van der Waals surface area contributed by atoms with Gasteiger partial charge in [0.15, 0.2) is 0 Å². The van der Waals surface area contributed by atoms with Gasteiger partial charge in [-0.15, -0.1) is 0 Å². The summed E-state index contributed by atoms with van der Waals surface area (Å²) in [6, 6.07) is 10.4. The van der Waals surface area contributed by atoms with E-state index in [9.17, 15) is 0 Å². The first kappa shape index (κ1) is 14.5. The molecule has 0 saturated carbocycles. The molecule has 1 atom stereocenters. The van der Waals surface area contributed by atoms with E-state index in [0.29, 0.717) is 5.88 Å². The zero-order valence-corrected chi connectivity index (χ0v) is 12.2. The molecule has 2 rings (SSSR count). The molecule has 4 nitrogen and oxygen atoms in total. The average molecular weight is 271 g/mol. The van der Waals surface area contributed by atoms with Crippen LogP contribution in [0.3, 0.4) is 0 Å². The summed E-state index contributed by atoms with van der Waals surface area (Å²) in [5.41, 5.74) is 7.73. The van der Waals surface area contributed by atoms with Crippen LogP contribution in [0, 0.1) is 13.8 Å². The summed E-state index contributed by atoms with van der Waals surface area (Å²) in [5.74, 6) is 6.34. The minimum atomic E-state index is 0.0748. The van der Waals surface area contributed by atoms with E-state index in [1.54, 1.807) is 7.11 Å². The number of hydrogen-bond donors (Lipinski definition) is 2. The molecule has 0 spiro atoms. The van der Waals surface area contributed by atoms with Gasteiger partial charge in [0.2, 0.25) is 5.88 Å². The zero-order chi connectivity index (χ0) is 14.5. The second-order valence-corrected chi connectivity index (χ2v) is 4.99. The molecule has 0 radical (unpaired) electrons. The summed E-state index contributed by atoms with van der Waals surface area (Å²) in [6.45, 7) is 4.20. The normalized spacial score (nSPS) is 12.2. The summed E-state index contributed by atoms with van der Waals surface area (Å²) in [4.78, 5) is 4.22. The Balaban J connectivity index is 2.19. The Hall–Kier alpha value is -1.91. The van der Waals surface area contributed by atoms with Crippen LogP contribution < -0.4 is 16.0 Å². The monoisotopic (exact) mass is 271 g/mol. The number of hydrogen-bond acceptors (Lipinski definition) is 4. The predicted molar refractivity (Wildman–Crippen MR) is 80.5 cm³/mol. The second-order valence-electron chi connectivity index (χ2n) is 4.99. The lowest BCUT2D eigenvalue weighted by Gasteiger charge is -2.19. The number of pyridine rings is 1. The molecule has 4 heteroatoms. The lowest BCUT2D eigenvalue weighted by atomic mass is 9.95. The maximum Gasteiger partial charge on any atom is 0.212 e. The van der Waals surface area contributed by atoms with Gasteiger partial charge in [0.25, 0.3) is 0 Å². The number of aryl methyl sites for hydroxylation is 2. The quantitative estimate of drug-likeness (QED) is 0.648. The molecule has 1 aromatic carbocycles. The maximum absolute atomic E-state index is 5.72. The van der Waals surface area contributed by atoms with Gasteiger partial charge in [0, 0.05) is 12.3 Å². The Morgan fingerprint density at radius 2 is 2.05 bits per heavy atom.